The maximum absolute atomic E-state index is 9.37. The van der Waals surface area contributed by atoms with Gasteiger partial charge in [0.2, 0.25) is 0 Å². The van der Waals surface area contributed by atoms with Crippen LogP contribution in [0.4, 0.5) is 0 Å². The average Bonchev–Trinajstić information content (AvgIpc) is 2.75. The molecule has 1 atom stereocenters. The molecule has 188 valence electrons. The molecule has 11 nitrogen and oxygen atoms in total. The molecule has 3 N–H and O–H groups in total. The molecule has 0 saturated heterocycles. The Balaban J connectivity index is 0. The number of hydrogen-bond donors (Lipinski definition) is 4. The van der Waals surface area contributed by atoms with Crippen molar-refractivity contribution in [2.24, 2.45) is 0 Å². The molecule has 0 saturated carbocycles. The van der Waals surface area contributed by atoms with Crippen molar-refractivity contribution >= 4 is 18.6 Å². The lowest BCUT2D eigenvalue weighted by molar-refractivity contribution is -0.136. The van der Waals surface area contributed by atoms with Gasteiger partial charge in [-0.2, -0.15) is 0 Å². The Morgan fingerprint density at radius 1 is 0.677 bits per heavy atom. The second-order valence-electron chi connectivity index (χ2n) is 5.70. The summed E-state index contributed by atoms with van der Waals surface area (Å²) in [6.07, 6.45) is 0.222. The summed E-state index contributed by atoms with van der Waals surface area (Å²) in [5.74, 6) is -0.745. The molecule has 0 aromatic rings. The zero-order chi connectivity index (χ0) is 23.4. The molecule has 0 aromatic carbocycles. The predicted octanol–water partition coefficient (Wildman–Crippen LogP) is -0.176. The fourth-order valence-electron chi connectivity index (χ4n) is 1.57. The average molecular weight is 477 g/mol. The first-order valence-electron chi connectivity index (χ1n) is 10.3. The van der Waals surface area contributed by atoms with Crippen molar-refractivity contribution in [3.05, 3.63) is 0 Å². The molecule has 0 bridgehead atoms. The first kappa shape index (κ1) is 32.6. The van der Waals surface area contributed by atoms with Crippen molar-refractivity contribution in [2.75, 3.05) is 99.1 Å². The van der Waals surface area contributed by atoms with Crippen LogP contribution in [0.15, 0.2) is 0 Å². The van der Waals surface area contributed by atoms with Crippen LogP contribution >= 0.6 is 12.6 Å². The van der Waals surface area contributed by atoms with Crippen LogP contribution in [0.5, 0.6) is 0 Å². The van der Waals surface area contributed by atoms with E-state index in [1.54, 1.807) is 6.92 Å². The van der Waals surface area contributed by atoms with E-state index in [1.807, 2.05) is 0 Å². The number of aliphatic carboxylic acids is 1. The first-order chi connectivity index (χ1) is 15.0. The van der Waals surface area contributed by atoms with Crippen molar-refractivity contribution in [3.63, 3.8) is 0 Å². The number of carboxylic acid groups (broad SMARTS) is 1. The van der Waals surface area contributed by atoms with Gasteiger partial charge in [0.1, 0.15) is 5.44 Å². The normalized spacial score (nSPS) is 11.7. The van der Waals surface area contributed by atoms with Gasteiger partial charge in [0.05, 0.1) is 99.1 Å². The van der Waals surface area contributed by atoms with E-state index in [0.29, 0.717) is 85.9 Å². The molecular weight excluding hydrogens is 436 g/mol. The van der Waals surface area contributed by atoms with Crippen LogP contribution in [0.2, 0.25) is 0 Å². The molecule has 0 aromatic heterocycles. The molecule has 0 amide bonds. The third-order valence-electron chi connectivity index (χ3n) is 3.04. The molecule has 1 unspecified atom stereocenters. The zero-order valence-electron chi connectivity index (χ0n) is 18.4. The van der Waals surface area contributed by atoms with E-state index in [-0.39, 0.29) is 19.6 Å². The molecule has 0 fully saturated rings. The highest BCUT2D eigenvalue weighted by Crippen LogP contribution is 1.89. The summed E-state index contributed by atoms with van der Waals surface area (Å²) in [7, 11) is 0. The summed E-state index contributed by atoms with van der Waals surface area (Å²) in [4.78, 5) is 9.37. The van der Waals surface area contributed by atoms with Crippen molar-refractivity contribution in [2.45, 2.75) is 18.8 Å². The third-order valence-corrected chi connectivity index (χ3v) is 3.19. The third kappa shape index (κ3) is 37.1. The number of carboxylic acids is 1. The Morgan fingerprint density at radius 3 is 1.16 bits per heavy atom. The first-order valence-corrected chi connectivity index (χ1v) is 10.8. The molecule has 0 aliphatic rings. The van der Waals surface area contributed by atoms with Crippen LogP contribution in [0, 0.1) is 0 Å². The molecule has 0 radical (unpaired) electrons. The Morgan fingerprint density at radius 2 is 0.935 bits per heavy atom. The maximum Gasteiger partial charge on any atom is 0.303 e. The lowest BCUT2D eigenvalue weighted by atomic mass is 10.5. The lowest BCUT2D eigenvalue weighted by Crippen LogP contribution is -2.15. The van der Waals surface area contributed by atoms with E-state index in [1.165, 1.54) is 0 Å². The summed E-state index contributed by atoms with van der Waals surface area (Å²) < 4.78 is 36.7. The van der Waals surface area contributed by atoms with Gasteiger partial charge >= 0.3 is 5.97 Å². The molecule has 12 heteroatoms. The van der Waals surface area contributed by atoms with Gasteiger partial charge in [0.15, 0.2) is 0 Å². The van der Waals surface area contributed by atoms with Crippen LogP contribution < -0.4 is 0 Å². The van der Waals surface area contributed by atoms with E-state index in [2.05, 4.69) is 12.6 Å². The largest absolute Gasteiger partial charge is 0.481 e. The predicted molar refractivity (Wildman–Crippen MR) is 116 cm³/mol. The number of carbonyl (C=O) groups is 1. The fourth-order valence-corrected chi connectivity index (χ4v) is 1.68. The minimum absolute atomic E-state index is 0.0286. The topological polar surface area (TPSA) is 142 Å². The highest BCUT2D eigenvalue weighted by Gasteiger charge is 1.96. The number of thiol groups is 1. The van der Waals surface area contributed by atoms with Crippen LogP contribution in [0.1, 0.15) is 13.3 Å². The minimum atomic E-state index is -0.750. The van der Waals surface area contributed by atoms with E-state index in [4.69, 9.17) is 48.5 Å². The molecule has 0 heterocycles. The van der Waals surface area contributed by atoms with E-state index in [9.17, 15) is 4.79 Å². The number of hydrogen-bond acceptors (Lipinski definition) is 11. The van der Waals surface area contributed by atoms with Gasteiger partial charge in [-0.05, 0) is 0 Å². The van der Waals surface area contributed by atoms with E-state index < -0.39 is 11.4 Å². The van der Waals surface area contributed by atoms with Gasteiger partial charge < -0.3 is 48.5 Å². The summed E-state index contributed by atoms with van der Waals surface area (Å²) in [6.45, 7) is 8.02. The number of ether oxygens (including phenoxy) is 7. The second-order valence-corrected chi connectivity index (χ2v) is 6.30. The standard InChI is InChI=1S/C16H34O9S.C3H6O2/c17-1-2-19-3-4-20-5-6-21-7-8-22-9-10-23-11-12-24-13-14-25-15-16(18)26;1-2-3(4)5/h16-18,26H,1-15H2;2H2,1H3,(H,4,5). The Labute approximate surface area is 190 Å². The lowest BCUT2D eigenvalue weighted by Gasteiger charge is -2.08. The van der Waals surface area contributed by atoms with Crippen molar-refractivity contribution in [1.82, 2.24) is 0 Å². The second kappa shape index (κ2) is 29.5. The monoisotopic (exact) mass is 476 g/mol. The Bertz CT molecular complexity index is 349. The molecule has 0 aliphatic heterocycles. The SMILES string of the molecule is CCC(=O)O.OCCOCCOCCOCCOCCOCCOCCOCC(O)S. The van der Waals surface area contributed by atoms with Crippen molar-refractivity contribution in [1.29, 1.82) is 0 Å². The van der Waals surface area contributed by atoms with Crippen LogP contribution in [-0.4, -0.2) is 126 Å². The number of rotatable bonds is 23. The van der Waals surface area contributed by atoms with Gasteiger partial charge in [-0.25, -0.2) is 0 Å². The van der Waals surface area contributed by atoms with Crippen molar-refractivity contribution in [3.8, 4) is 0 Å². The smallest absolute Gasteiger partial charge is 0.303 e. The Hall–Kier alpha value is -0.540. The van der Waals surface area contributed by atoms with Crippen LogP contribution in [0.25, 0.3) is 0 Å². The molecule has 0 spiro atoms. The number of aliphatic hydroxyl groups excluding tert-OH is 2. The molecular formula is C19H40O11S. The van der Waals surface area contributed by atoms with Crippen LogP contribution in [0.3, 0.4) is 0 Å². The van der Waals surface area contributed by atoms with Gasteiger partial charge in [0, 0.05) is 6.42 Å². The summed E-state index contributed by atoms with van der Waals surface area (Å²) in [5.41, 5.74) is -0.750. The quantitative estimate of drug-likeness (QED) is 0.0886. The van der Waals surface area contributed by atoms with Crippen LogP contribution in [-0.2, 0) is 38.0 Å². The summed E-state index contributed by atoms with van der Waals surface area (Å²) >= 11 is 3.78. The highest BCUT2D eigenvalue weighted by molar-refractivity contribution is 7.80. The van der Waals surface area contributed by atoms with Gasteiger partial charge in [-0.15, -0.1) is 12.6 Å². The van der Waals surface area contributed by atoms with Crippen molar-refractivity contribution < 1.29 is 53.3 Å². The summed E-state index contributed by atoms with van der Waals surface area (Å²) in [6, 6.07) is 0. The molecule has 0 aliphatic carbocycles. The molecule has 31 heavy (non-hydrogen) atoms. The van der Waals surface area contributed by atoms with Gasteiger partial charge in [-0.1, -0.05) is 6.92 Å². The molecule has 0 rings (SSSR count). The van der Waals surface area contributed by atoms with Gasteiger partial charge in [0.25, 0.3) is 0 Å². The maximum atomic E-state index is 9.37. The minimum Gasteiger partial charge on any atom is -0.481 e. The van der Waals surface area contributed by atoms with E-state index >= 15 is 0 Å². The zero-order valence-corrected chi connectivity index (χ0v) is 19.3. The van der Waals surface area contributed by atoms with Gasteiger partial charge in [-0.3, -0.25) is 4.79 Å². The number of aliphatic hydroxyl groups is 2. The summed E-state index contributed by atoms with van der Waals surface area (Å²) in [5, 5.41) is 25.1. The fraction of sp³-hybridized carbons (Fsp3) is 0.947. The van der Waals surface area contributed by atoms with E-state index in [0.717, 1.165) is 0 Å². The highest BCUT2D eigenvalue weighted by atomic mass is 32.1. The Kier molecular flexibility index (Phi) is 31.0.